The van der Waals surface area contributed by atoms with Gasteiger partial charge in [-0.05, 0) is 39.7 Å². The zero-order chi connectivity index (χ0) is 10.9. The summed E-state index contributed by atoms with van der Waals surface area (Å²) in [7, 11) is 0. The first kappa shape index (κ1) is 11.1. The van der Waals surface area contributed by atoms with E-state index in [4.69, 9.17) is 0 Å². The van der Waals surface area contributed by atoms with Gasteiger partial charge < -0.3 is 0 Å². The van der Waals surface area contributed by atoms with E-state index >= 15 is 0 Å². The maximum atomic E-state index is 11.9. The van der Waals surface area contributed by atoms with Crippen molar-refractivity contribution in [3.8, 4) is 0 Å². The summed E-state index contributed by atoms with van der Waals surface area (Å²) < 4.78 is 0. The molecule has 1 saturated carbocycles. The van der Waals surface area contributed by atoms with Gasteiger partial charge in [0.15, 0.2) is 5.78 Å². The van der Waals surface area contributed by atoms with Crippen LogP contribution in [-0.4, -0.2) is 28.8 Å². The molecule has 15 heavy (non-hydrogen) atoms. The minimum absolute atomic E-state index is 0.194. The summed E-state index contributed by atoms with van der Waals surface area (Å²) in [6, 6.07) is 0.679. The highest BCUT2D eigenvalue weighted by atomic mass is 16.1. The molecule has 2 rings (SSSR count). The maximum Gasteiger partial charge on any atom is 0.152 e. The summed E-state index contributed by atoms with van der Waals surface area (Å²) >= 11 is 0. The Bertz CT molecular complexity index is 241. The Morgan fingerprint density at radius 2 is 1.80 bits per heavy atom. The average molecular weight is 209 g/mol. The zero-order valence-electron chi connectivity index (χ0n) is 10.1. The van der Waals surface area contributed by atoms with Crippen LogP contribution in [0.3, 0.4) is 0 Å². The molecule has 0 spiro atoms. The van der Waals surface area contributed by atoms with Crippen LogP contribution in [0.1, 0.15) is 58.8 Å². The Hall–Kier alpha value is -0.370. The normalized spacial score (nSPS) is 29.3. The Morgan fingerprint density at radius 3 is 2.47 bits per heavy atom. The van der Waals surface area contributed by atoms with Gasteiger partial charge >= 0.3 is 0 Å². The van der Waals surface area contributed by atoms with E-state index in [2.05, 4.69) is 18.7 Å². The highest BCUT2D eigenvalue weighted by Gasteiger charge is 2.40. The molecule has 2 heteroatoms. The molecule has 2 nitrogen and oxygen atoms in total. The van der Waals surface area contributed by atoms with Crippen LogP contribution in [0.2, 0.25) is 0 Å². The molecule has 2 aliphatic rings. The van der Waals surface area contributed by atoms with Crippen LogP contribution in [0.4, 0.5) is 0 Å². The Kier molecular flexibility index (Phi) is 3.15. The number of likely N-dealkylation sites (tertiary alicyclic amines) is 1. The molecule has 1 aliphatic carbocycles. The van der Waals surface area contributed by atoms with Crippen molar-refractivity contribution in [2.45, 2.75) is 70.4 Å². The number of hydrogen-bond acceptors (Lipinski definition) is 2. The van der Waals surface area contributed by atoms with Crippen molar-refractivity contribution in [1.82, 2.24) is 4.90 Å². The SMILES string of the molecule is CC1(C)C(=O)CCCN1C1CCCCC1. The molecule has 0 amide bonds. The smallest absolute Gasteiger partial charge is 0.152 e. The molecule has 1 heterocycles. The number of ketones is 1. The van der Waals surface area contributed by atoms with E-state index in [0.717, 1.165) is 19.4 Å². The number of nitrogens with zero attached hydrogens (tertiary/aromatic N) is 1. The second-order valence-corrected chi connectivity index (χ2v) is 5.57. The van der Waals surface area contributed by atoms with Crippen LogP contribution in [0.25, 0.3) is 0 Å². The van der Waals surface area contributed by atoms with Gasteiger partial charge in [0, 0.05) is 12.5 Å². The first-order valence-electron chi connectivity index (χ1n) is 6.42. The van der Waals surface area contributed by atoms with Crippen molar-refractivity contribution in [2.75, 3.05) is 6.54 Å². The number of hydrogen-bond donors (Lipinski definition) is 0. The van der Waals surface area contributed by atoms with Crippen LogP contribution in [-0.2, 0) is 4.79 Å². The van der Waals surface area contributed by atoms with Crippen molar-refractivity contribution < 1.29 is 4.79 Å². The van der Waals surface area contributed by atoms with Crippen LogP contribution < -0.4 is 0 Å². The number of carbonyl (C=O) groups is 1. The van der Waals surface area contributed by atoms with Gasteiger partial charge in [0.2, 0.25) is 0 Å². The highest BCUT2D eigenvalue weighted by molar-refractivity contribution is 5.88. The average Bonchev–Trinajstić information content (AvgIpc) is 2.23. The predicted octanol–water partition coefficient (Wildman–Crippen LogP) is 2.76. The monoisotopic (exact) mass is 209 g/mol. The molecule has 2 fully saturated rings. The van der Waals surface area contributed by atoms with Crippen LogP contribution in [0.15, 0.2) is 0 Å². The van der Waals surface area contributed by atoms with Gasteiger partial charge in [-0.25, -0.2) is 0 Å². The molecule has 0 bridgehead atoms. The number of carbonyl (C=O) groups excluding carboxylic acids is 1. The summed E-state index contributed by atoms with van der Waals surface area (Å²) in [4.78, 5) is 14.4. The second-order valence-electron chi connectivity index (χ2n) is 5.57. The van der Waals surface area contributed by atoms with E-state index in [9.17, 15) is 4.79 Å². The maximum absolute atomic E-state index is 11.9. The molecule has 0 aromatic carbocycles. The van der Waals surface area contributed by atoms with E-state index in [0.29, 0.717) is 11.8 Å². The molecular formula is C13H23NO. The van der Waals surface area contributed by atoms with Crippen molar-refractivity contribution in [3.05, 3.63) is 0 Å². The lowest BCUT2D eigenvalue weighted by atomic mass is 9.84. The minimum Gasteiger partial charge on any atom is -0.298 e. The van der Waals surface area contributed by atoms with E-state index in [1.54, 1.807) is 0 Å². The molecule has 86 valence electrons. The van der Waals surface area contributed by atoms with Gasteiger partial charge in [-0.1, -0.05) is 19.3 Å². The van der Waals surface area contributed by atoms with Crippen molar-refractivity contribution >= 4 is 5.78 Å². The lowest BCUT2D eigenvalue weighted by Gasteiger charge is -2.47. The fourth-order valence-electron chi connectivity index (χ4n) is 3.19. The van der Waals surface area contributed by atoms with E-state index in [1.165, 1.54) is 32.1 Å². The third kappa shape index (κ3) is 2.10. The van der Waals surface area contributed by atoms with Crippen molar-refractivity contribution in [2.24, 2.45) is 0 Å². The summed E-state index contributed by atoms with van der Waals surface area (Å²) in [6.45, 7) is 5.36. The van der Waals surface area contributed by atoms with E-state index in [1.807, 2.05) is 0 Å². The van der Waals surface area contributed by atoms with Gasteiger partial charge in [-0.3, -0.25) is 9.69 Å². The van der Waals surface area contributed by atoms with Crippen molar-refractivity contribution in [1.29, 1.82) is 0 Å². The molecule has 0 unspecified atom stereocenters. The number of Topliss-reactive ketones (excluding diaryl/α,β-unsaturated/α-hetero) is 1. The molecule has 0 atom stereocenters. The Morgan fingerprint density at radius 1 is 1.13 bits per heavy atom. The largest absolute Gasteiger partial charge is 0.298 e. The van der Waals surface area contributed by atoms with Gasteiger partial charge in [0.1, 0.15) is 0 Å². The lowest BCUT2D eigenvalue weighted by Crippen LogP contribution is -2.58. The molecule has 0 aromatic rings. The molecule has 0 N–H and O–H groups in total. The highest BCUT2D eigenvalue weighted by Crippen LogP contribution is 2.32. The van der Waals surface area contributed by atoms with Gasteiger partial charge in [-0.15, -0.1) is 0 Å². The topological polar surface area (TPSA) is 20.3 Å². The third-order valence-corrected chi connectivity index (χ3v) is 4.22. The standard InChI is InChI=1S/C13H23NO/c1-13(2)12(15)9-6-10-14(13)11-7-4-3-5-8-11/h11H,3-10H2,1-2H3. The van der Waals surface area contributed by atoms with E-state index in [-0.39, 0.29) is 5.54 Å². The molecule has 1 saturated heterocycles. The summed E-state index contributed by atoms with van der Waals surface area (Å²) in [6.07, 6.45) is 8.55. The molecular weight excluding hydrogens is 186 g/mol. The van der Waals surface area contributed by atoms with Crippen LogP contribution in [0.5, 0.6) is 0 Å². The molecule has 1 aliphatic heterocycles. The Balaban J connectivity index is 2.08. The van der Waals surface area contributed by atoms with Crippen LogP contribution in [0, 0.1) is 0 Å². The zero-order valence-corrected chi connectivity index (χ0v) is 10.1. The molecule has 0 aromatic heterocycles. The lowest BCUT2D eigenvalue weighted by molar-refractivity contribution is -0.135. The quantitative estimate of drug-likeness (QED) is 0.662. The third-order valence-electron chi connectivity index (χ3n) is 4.22. The van der Waals surface area contributed by atoms with Gasteiger partial charge in [-0.2, -0.15) is 0 Å². The fraction of sp³-hybridized carbons (Fsp3) is 0.923. The predicted molar refractivity (Wildman–Crippen MR) is 61.9 cm³/mol. The van der Waals surface area contributed by atoms with Gasteiger partial charge in [0.25, 0.3) is 0 Å². The molecule has 0 radical (unpaired) electrons. The van der Waals surface area contributed by atoms with Crippen molar-refractivity contribution in [3.63, 3.8) is 0 Å². The number of rotatable bonds is 1. The van der Waals surface area contributed by atoms with Crippen LogP contribution >= 0.6 is 0 Å². The minimum atomic E-state index is -0.194. The number of piperidine rings is 1. The summed E-state index contributed by atoms with van der Waals surface area (Å²) in [5.41, 5.74) is -0.194. The van der Waals surface area contributed by atoms with E-state index < -0.39 is 0 Å². The second kappa shape index (κ2) is 4.25. The first-order valence-corrected chi connectivity index (χ1v) is 6.42. The summed E-state index contributed by atoms with van der Waals surface area (Å²) in [5, 5.41) is 0. The van der Waals surface area contributed by atoms with Gasteiger partial charge in [0.05, 0.1) is 5.54 Å². The fourth-order valence-corrected chi connectivity index (χ4v) is 3.19. The summed E-state index contributed by atoms with van der Waals surface area (Å²) in [5.74, 6) is 0.444. The Labute approximate surface area is 93.0 Å². The first-order chi connectivity index (χ1) is 7.12.